The minimum atomic E-state index is 0. The van der Waals surface area contributed by atoms with E-state index in [4.69, 9.17) is 0 Å². The number of aromatic nitrogens is 1. The molecule has 1 saturated heterocycles. The molecule has 1 aliphatic rings. The Bertz CT molecular complexity index is 397. The molecule has 0 aromatic carbocycles. The van der Waals surface area contributed by atoms with Crippen molar-refractivity contribution in [3.05, 3.63) is 24.0 Å². The average molecular weight is 256 g/mol. The zero-order chi connectivity index (χ0) is 11.5. The Morgan fingerprint density at radius 3 is 2.88 bits per heavy atom. The molecule has 1 aromatic heterocycles. The van der Waals surface area contributed by atoms with Gasteiger partial charge in [0.2, 0.25) is 5.91 Å². The summed E-state index contributed by atoms with van der Waals surface area (Å²) in [7, 11) is 0. The molecule has 0 unspecified atom stereocenters. The number of nitrogens with one attached hydrogen (secondary N) is 2. The van der Waals surface area contributed by atoms with Crippen molar-refractivity contribution in [2.24, 2.45) is 11.8 Å². The smallest absolute Gasteiger partial charge is 0.229 e. The van der Waals surface area contributed by atoms with Gasteiger partial charge in [-0.2, -0.15) is 0 Å². The van der Waals surface area contributed by atoms with Gasteiger partial charge in [0.05, 0.1) is 17.3 Å². The second-order valence-corrected chi connectivity index (χ2v) is 4.37. The summed E-state index contributed by atoms with van der Waals surface area (Å²) in [4.78, 5) is 16.1. The predicted octanol–water partition coefficient (Wildman–Crippen LogP) is 1.61. The van der Waals surface area contributed by atoms with E-state index in [0.29, 0.717) is 5.92 Å². The largest absolute Gasteiger partial charge is 0.324 e. The van der Waals surface area contributed by atoms with Crippen LogP contribution in [0.4, 0.5) is 5.69 Å². The predicted molar refractivity (Wildman–Crippen MR) is 70.4 cm³/mol. The highest BCUT2D eigenvalue weighted by Crippen LogP contribution is 2.19. The molecule has 5 heteroatoms. The zero-order valence-corrected chi connectivity index (χ0v) is 10.9. The molecule has 2 heterocycles. The van der Waals surface area contributed by atoms with Crippen LogP contribution in [0.3, 0.4) is 0 Å². The van der Waals surface area contributed by atoms with Crippen molar-refractivity contribution in [1.82, 2.24) is 10.3 Å². The molecule has 0 radical (unpaired) electrons. The number of carbonyl (C=O) groups is 1. The Morgan fingerprint density at radius 2 is 2.29 bits per heavy atom. The topological polar surface area (TPSA) is 54.0 Å². The van der Waals surface area contributed by atoms with Crippen molar-refractivity contribution in [1.29, 1.82) is 0 Å². The van der Waals surface area contributed by atoms with E-state index in [0.717, 1.165) is 24.5 Å². The van der Waals surface area contributed by atoms with Gasteiger partial charge in [-0.3, -0.25) is 9.78 Å². The van der Waals surface area contributed by atoms with Gasteiger partial charge in [-0.15, -0.1) is 12.4 Å². The summed E-state index contributed by atoms with van der Waals surface area (Å²) in [6, 6.07) is 3.71. The quantitative estimate of drug-likeness (QED) is 0.844. The van der Waals surface area contributed by atoms with E-state index < -0.39 is 0 Å². The van der Waals surface area contributed by atoms with Gasteiger partial charge in [0.1, 0.15) is 0 Å². The second-order valence-electron chi connectivity index (χ2n) is 4.37. The number of rotatable bonds is 2. The number of amides is 1. The van der Waals surface area contributed by atoms with Crippen LogP contribution in [0, 0.1) is 18.8 Å². The molecule has 94 valence electrons. The molecule has 4 nitrogen and oxygen atoms in total. The maximum absolute atomic E-state index is 12.0. The van der Waals surface area contributed by atoms with Crippen LogP contribution in [0.1, 0.15) is 12.6 Å². The molecular formula is C12H18ClN3O. The Kier molecular flexibility index (Phi) is 4.90. The number of halogens is 1. The zero-order valence-electron chi connectivity index (χ0n) is 10.1. The molecule has 0 spiro atoms. The van der Waals surface area contributed by atoms with E-state index in [1.54, 1.807) is 6.20 Å². The lowest BCUT2D eigenvalue weighted by molar-refractivity contribution is -0.120. The van der Waals surface area contributed by atoms with Gasteiger partial charge in [-0.25, -0.2) is 0 Å². The maximum Gasteiger partial charge on any atom is 0.229 e. The summed E-state index contributed by atoms with van der Waals surface area (Å²) in [5, 5.41) is 6.17. The minimum absolute atomic E-state index is 0. The van der Waals surface area contributed by atoms with Gasteiger partial charge in [-0.05, 0) is 31.5 Å². The molecule has 2 atom stereocenters. The number of carbonyl (C=O) groups excluding carboxylic acids is 1. The third kappa shape index (κ3) is 3.17. The van der Waals surface area contributed by atoms with Crippen LogP contribution < -0.4 is 10.6 Å². The first-order valence-corrected chi connectivity index (χ1v) is 5.61. The fourth-order valence-electron chi connectivity index (χ4n) is 2.00. The summed E-state index contributed by atoms with van der Waals surface area (Å²) >= 11 is 0. The van der Waals surface area contributed by atoms with Gasteiger partial charge in [0.15, 0.2) is 0 Å². The molecule has 0 aliphatic carbocycles. The summed E-state index contributed by atoms with van der Waals surface area (Å²) in [5.74, 6) is 0.560. The minimum Gasteiger partial charge on any atom is -0.324 e. The van der Waals surface area contributed by atoms with E-state index in [9.17, 15) is 4.79 Å². The van der Waals surface area contributed by atoms with Gasteiger partial charge < -0.3 is 10.6 Å². The fraction of sp³-hybridized carbons (Fsp3) is 0.500. The fourth-order valence-corrected chi connectivity index (χ4v) is 2.00. The van der Waals surface area contributed by atoms with E-state index in [1.807, 2.05) is 19.1 Å². The standard InChI is InChI=1S/C12H17N3O.ClH/c1-8-6-13-7-10(8)12(16)15-11-4-3-5-14-9(11)2;/h3-5,8,10,13H,6-7H2,1-2H3,(H,15,16);1H/t8-,10-;/m1./s1. The van der Waals surface area contributed by atoms with Crippen LogP contribution >= 0.6 is 12.4 Å². The first-order valence-electron chi connectivity index (χ1n) is 5.61. The number of aryl methyl sites for hydroxylation is 1. The number of nitrogens with zero attached hydrogens (tertiary/aromatic N) is 1. The maximum atomic E-state index is 12.0. The summed E-state index contributed by atoms with van der Waals surface area (Å²) in [6.45, 7) is 5.68. The highest BCUT2D eigenvalue weighted by molar-refractivity contribution is 5.93. The van der Waals surface area contributed by atoms with Crippen molar-refractivity contribution in [2.75, 3.05) is 18.4 Å². The van der Waals surface area contributed by atoms with Crippen LogP contribution in [0.15, 0.2) is 18.3 Å². The molecular weight excluding hydrogens is 238 g/mol. The normalized spacial score (nSPS) is 22.9. The summed E-state index contributed by atoms with van der Waals surface area (Å²) in [6.07, 6.45) is 1.73. The van der Waals surface area contributed by atoms with E-state index in [2.05, 4.69) is 22.5 Å². The lowest BCUT2D eigenvalue weighted by atomic mass is 9.97. The number of hydrogen-bond donors (Lipinski definition) is 2. The summed E-state index contributed by atoms with van der Waals surface area (Å²) < 4.78 is 0. The van der Waals surface area contributed by atoms with E-state index in [1.165, 1.54) is 0 Å². The lowest BCUT2D eigenvalue weighted by Gasteiger charge is -2.14. The Labute approximate surface area is 108 Å². The van der Waals surface area contributed by atoms with Crippen LogP contribution in [0.25, 0.3) is 0 Å². The van der Waals surface area contributed by atoms with Crippen LogP contribution in [0.5, 0.6) is 0 Å². The third-order valence-electron chi connectivity index (χ3n) is 3.12. The number of anilines is 1. The van der Waals surface area contributed by atoms with Crippen LogP contribution in [0.2, 0.25) is 0 Å². The van der Waals surface area contributed by atoms with Gasteiger partial charge in [0, 0.05) is 12.7 Å². The van der Waals surface area contributed by atoms with Crippen molar-refractivity contribution in [2.45, 2.75) is 13.8 Å². The molecule has 1 aliphatic heterocycles. The first kappa shape index (κ1) is 13.9. The van der Waals surface area contributed by atoms with Gasteiger partial charge in [-0.1, -0.05) is 6.92 Å². The second kappa shape index (κ2) is 5.98. The highest BCUT2D eigenvalue weighted by atomic mass is 35.5. The van der Waals surface area contributed by atoms with Crippen molar-refractivity contribution < 1.29 is 4.79 Å². The SMILES string of the molecule is Cc1ncccc1NC(=O)[C@@H]1CNC[C@H]1C.Cl. The molecule has 0 bridgehead atoms. The molecule has 1 fully saturated rings. The molecule has 2 N–H and O–H groups in total. The van der Waals surface area contributed by atoms with Crippen molar-refractivity contribution in [3.8, 4) is 0 Å². The molecule has 1 amide bonds. The third-order valence-corrected chi connectivity index (χ3v) is 3.12. The Balaban J connectivity index is 0.00000144. The molecule has 0 saturated carbocycles. The van der Waals surface area contributed by atoms with Crippen molar-refractivity contribution >= 4 is 24.0 Å². The molecule has 17 heavy (non-hydrogen) atoms. The number of pyridine rings is 1. The van der Waals surface area contributed by atoms with Crippen LogP contribution in [-0.4, -0.2) is 24.0 Å². The average Bonchev–Trinajstić information content (AvgIpc) is 2.68. The monoisotopic (exact) mass is 255 g/mol. The molecule has 1 aromatic rings. The Hall–Kier alpha value is -1.13. The van der Waals surface area contributed by atoms with Gasteiger partial charge >= 0.3 is 0 Å². The van der Waals surface area contributed by atoms with Gasteiger partial charge in [0.25, 0.3) is 0 Å². The van der Waals surface area contributed by atoms with Crippen LogP contribution in [-0.2, 0) is 4.79 Å². The summed E-state index contributed by atoms with van der Waals surface area (Å²) in [5.41, 5.74) is 1.67. The number of hydrogen-bond acceptors (Lipinski definition) is 3. The lowest BCUT2D eigenvalue weighted by Crippen LogP contribution is -2.28. The van der Waals surface area contributed by atoms with E-state index >= 15 is 0 Å². The van der Waals surface area contributed by atoms with Crippen molar-refractivity contribution in [3.63, 3.8) is 0 Å². The molecule has 2 rings (SSSR count). The Morgan fingerprint density at radius 1 is 1.53 bits per heavy atom. The highest BCUT2D eigenvalue weighted by Gasteiger charge is 2.29. The van der Waals surface area contributed by atoms with E-state index in [-0.39, 0.29) is 24.2 Å². The first-order chi connectivity index (χ1) is 7.68.